The van der Waals surface area contributed by atoms with Crippen LogP contribution < -0.4 is 15.0 Å². The second kappa shape index (κ2) is 9.55. The monoisotopic (exact) mass is 482 g/mol. The predicted octanol–water partition coefficient (Wildman–Crippen LogP) is 6.80. The largest absolute Gasteiger partial charge is 0.457 e. The third-order valence-corrected chi connectivity index (χ3v) is 7.10. The lowest BCUT2D eigenvalue weighted by Gasteiger charge is -2.28. The molecular weight excluding hydrogens is 452 g/mol. The zero-order valence-corrected chi connectivity index (χ0v) is 21.3. The fourth-order valence-corrected chi connectivity index (χ4v) is 5.38. The van der Waals surface area contributed by atoms with Crippen LogP contribution in [0.3, 0.4) is 0 Å². The summed E-state index contributed by atoms with van der Waals surface area (Å²) in [5.41, 5.74) is 6.86. The van der Waals surface area contributed by atoms with E-state index in [2.05, 4.69) is 64.8 Å². The first-order valence-electron chi connectivity index (χ1n) is 12.0. The van der Waals surface area contributed by atoms with Crippen LogP contribution in [-0.4, -0.2) is 14.7 Å². The second-order valence-electron chi connectivity index (χ2n) is 8.93. The van der Waals surface area contributed by atoms with Crippen LogP contribution in [0.5, 0.6) is 11.5 Å². The number of hydrogen-bond acceptors (Lipinski definition) is 3. The van der Waals surface area contributed by atoms with Crippen molar-refractivity contribution in [2.24, 2.45) is 0 Å². The van der Waals surface area contributed by atoms with E-state index >= 15 is 0 Å². The number of thiocarbonyl (C=S) groups is 1. The van der Waals surface area contributed by atoms with Crippen LogP contribution in [-0.2, 0) is 6.54 Å². The molecule has 2 aromatic heterocycles. The third kappa shape index (κ3) is 4.30. The summed E-state index contributed by atoms with van der Waals surface area (Å²) < 4.78 is 8.48. The van der Waals surface area contributed by atoms with Gasteiger partial charge in [0.2, 0.25) is 0 Å². The molecule has 0 amide bonds. The number of benzene rings is 2. The average molecular weight is 483 g/mol. The number of aryl methyl sites for hydroxylation is 2. The maximum atomic E-state index is 6.13. The molecular formula is C29H30N4OS. The van der Waals surface area contributed by atoms with E-state index in [0.29, 0.717) is 5.11 Å². The van der Waals surface area contributed by atoms with E-state index in [4.69, 9.17) is 17.0 Å². The van der Waals surface area contributed by atoms with Crippen molar-refractivity contribution >= 4 is 23.0 Å². The van der Waals surface area contributed by atoms with Crippen LogP contribution in [0.4, 0.5) is 5.69 Å². The molecule has 1 aliphatic heterocycles. The summed E-state index contributed by atoms with van der Waals surface area (Å²) in [4.78, 5) is 6.89. The third-order valence-electron chi connectivity index (χ3n) is 6.78. The number of ether oxygens (including phenoxy) is 1. The fourth-order valence-electron chi connectivity index (χ4n) is 5.04. The smallest absolute Gasteiger partial charge is 0.174 e. The van der Waals surface area contributed by atoms with E-state index in [1.807, 2.05) is 61.7 Å². The maximum Gasteiger partial charge on any atom is 0.174 e. The van der Waals surface area contributed by atoms with Gasteiger partial charge < -0.3 is 19.5 Å². The Bertz CT molecular complexity index is 1350. The molecule has 2 atom stereocenters. The number of pyridine rings is 1. The first-order valence-corrected chi connectivity index (χ1v) is 12.4. The summed E-state index contributed by atoms with van der Waals surface area (Å²) in [7, 11) is 0. The van der Waals surface area contributed by atoms with Crippen LogP contribution in [0, 0.1) is 20.8 Å². The van der Waals surface area contributed by atoms with Gasteiger partial charge in [0.05, 0.1) is 17.8 Å². The van der Waals surface area contributed by atoms with Crippen molar-refractivity contribution in [1.29, 1.82) is 0 Å². The molecule has 2 unspecified atom stereocenters. The zero-order chi connectivity index (χ0) is 24.5. The summed E-state index contributed by atoms with van der Waals surface area (Å²) in [5.74, 6) is 1.65. The molecule has 35 heavy (non-hydrogen) atoms. The number of anilines is 1. The molecule has 6 heteroatoms. The number of nitrogens with one attached hydrogen (secondary N) is 1. The van der Waals surface area contributed by atoms with Crippen molar-refractivity contribution in [2.75, 3.05) is 4.90 Å². The molecule has 0 spiro atoms. The van der Waals surface area contributed by atoms with Gasteiger partial charge in [-0.05, 0) is 99.6 Å². The highest BCUT2D eigenvalue weighted by atomic mass is 32.1. The standard InChI is InChI=1S/C29H30N4OS/c1-5-32-20(3)18-24(21(32)4)28-27(25-11-8-9-17-30-25)31-29(35)33(28)22-13-15-23(16-14-22)34-26-12-7-6-10-19(26)2/h6-18,27-28H,5H2,1-4H3,(H,31,35). The lowest BCUT2D eigenvalue weighted by atomic mass is 9.96. The van der Waals surface area contributed by atoms with Gasteiger partial charge >= 0.3 is 0 Å². The first kappa shape index (κ1) is 23.1. The number of aromatic nitrogens is 2. The molecule has 178 valence electrons. The van der Waals surface area contributed by atoms with Gasteiger partial charge in [0, 0.05) is 29.8 Å². The molecule has 0 radical (unpaired) electrons. The van der Waals surface area contributed by atoms with Crippen LogP contribution in [0.15, 0.2) is 79.0 Å². The molecule has 5 nitrogen and oxygen atoms in total. The summed E-state index contributed by atoms with van der Waals surface area (Å²) in [5, 5.41) is 4.25. The molecule has 0 aliphatic carbocycles. The molecule has 2 aromatic carbocycles. The molecule has 4 aromatic rings. The minimum absolute atomic E-state index is 0.0213. The molecule has 1 aliphatic rings. The minimum Gasteiger partial charge on any atom is -0.457 e. The van der Waals surface area contributed by atoms with Crippen molar-refractivity contribution in [3.05, 3.63) is 107 Å². The molecule has 1 saturated heterocycles. The number of hydrogen-bond donors (Lipinski definition) is 1. The maximum absolute atomic E-state index is 6.13. The Kier molecular flexibility index (Phi) is 6.31. The fraction of sp³-hybridized carbons (Fsp3) is 0.241. The van der Waals surface area contributed by atoms with Gasteiger partial charge in [-0.1, -0.05) is 24.3 Å². The Balaban J connectivity index is 1.53. The molecule has 3 heterocycles. The molecule has 0 saturated carbocycles. The minimum atomic E-state index is -0.0580. The lowest BCUT2D eigenvalue weighted by molar-refractivity contribution is 0.479. The Hall–Kier alpha value is -3.64. The van der Waals surface area contributed by atoms with Gasteiger partial charge in [-0.3, -0.25) is 4.98 Å². The van der Waals surface area contributed by atoms with E-state index in [1.165, 1.54) is 17.0 Å². The van der Waals surface area contributed by atoms with Crippen molar-refractivity contribution in [2.45, 2.75) is 46.3 Å². The Morgan fingerprint density at radius 1 is 0.971 bits per heavy atom. The van der Waals surface area contributed by atoms with E-state index in [1.54, 1.807) is 0 Å². The van der Waals surface area contributed by atoms with E-state index in [0.717, 1.165) is 35.0 Å². The van der Waals surface area contributed by atoms with Crippen LogP contribution in [0.1, 0.15) is 47.2 Å². The molecule has 5 rings (SSSR count). The zero-order valence-electron chi connectivity index (χ0n) is 20.5. The molecule has 0 bridgehead atoms. The van der Waals surface area contributed by atoms with E-state index in [9.17, 15) is 0 Å². The van der Waals surface area contributed by atoms with Crippen molar-refractivity contribution in [3.63, 3.8) is 0 Å². The van der Waals surface area contributed by atoms with Gasteiger partial charge in [0.15, 0.2) is 5.11 Å². The topological polar surface area (TPSA) is 42.3 Å². The molecule has 1 N–H and O–H groups in total. The summed E-state index contributed by atoms with van der Waals surface area (Å²) in [6, 6.07) is 24.4. The highest BCUT2D eigenvalue weighted by molar-refractivity contribution is 7.80. The number of rotatable bonds is 6. The predicted molar refractivity (Wildman–Crippen MR) is 145 cm³/mol. The highest BCUT2D eigenvalue weighted by Crippen LogP contribution is 2.43. The van der Waals surface area contributed by atoms with Crippen LogP contribution in [0.25, 0.3) is 0 Å². The summed E-state index contributed by atoms with van der Waals surface area (Å²) >= 11 is 5.89. The van der Waals surface area contributed by atoms with Crippen molar-refractivity contribution in [3.8, 4) is 11.5 Å². The van der Waals surface area contributed by atoms with Gasteiger partial charge in [0.1, 0.15) is 11.5 Å². The Morgan fingerprint density at radius 3 is 2.37 bits per heavy atom. The lowest BCUT2D eigenvalue weighted by Crippen LogP contribution is -2.29. The van der Waals surface area contributed by atoms with Gasteiger partial charge in [-0.15, -0.1) is 0 Å². The van der Waals surface area contributed by atoms with Crippen molar-refractivity contribution in [1.82, 2.24) is 14.9 Å². The quantitative estimate of drug-likeness (QED) is 0.306. The Labute approximate surface area is 212 Å². The van der Waals surface area contributed by atoms with Gasteiger partial charge in [-0.25, -0.2) is 0 Å². The van der Waals surface area contributed by atoms with Crippen LogP contribution >= 0.6 is 12.2 Å². The first-order chi connectivity index (χ1) is 17.0. The highest BCUT2D eigenvalue weighted by Gasteiger charge is 2.42. The molecule has 1 fully saturated rings. The second-order valence-corrected chi connectivity index (χ2v) is 9.32. The average Bonchev–Trinajstić information content (AvgIpc) is 3.36. The van der Waals surface area contributed by atoms with E-state index < -0.39 is 0 Å². The van der Waals surface area contributed by atoms with E-state index in [-0.39, 0.29) is 12.1 Å². The van der Waals surface area contributed by atoms with Gasteiger partial charge in [-0.2, -0.15) is 0 Å². The van der Waals surface area contributed by atoms with Crippen molar-refractivity contribution < 1.29 is 4.74 Å². The summed E-state index contributed by atoms with van der Waals surface area (Å²) in [6.07, 6.45) is 1.84. The SMILES string of the molecule is CCn1c(C)cc(C2C(c3ccccn3)NC(=S)N2c2ccc(Oc3ccccc3C)cc2)c1C. The summed E-state index contributed by atoms with van der Waals surface area (Å²) in [6.45, 7) is 9.52. The number of nitrogens with zero attached hydrogens (tertiary/aromatic N) is 3. The number of para-hydroxylation sites is 1. The van der Waals surface area contributed by atoms with Crippen LogP contribution in [0.2, 0.25) is 0 Å². The van der Waals surface area contributed by atoms with Gasteiger partial charge in [0.25, 0.3) is 0 Å². The normalized spacial score (nSPS) is 17.5. The Morgan fingerprint density at radius 2 is 1.71 bits per heavy atom.